The number of aryl methyl sites for hydroxylation is 1. The first-order chi connectivity index (χ1) is 8.43. The van der Waals surface area contributed by atoms with Gasteiger partial charge in [0.15, 0.2) is 9.84 Å². The molecule has 0 radical (unpaired) electrons. The fourth-order valence-corrected chi connectivity index (χ4v) is 4.27. The van der Waals surface area contributed by atoms with Crippen LogP contribution in [0.3, 0.4) is 0 Å². The summed E-state index contributed by atoms with van der Waals surface area (Å²) in [6.45, 7) is 2.01. The van der Waals surface area contributed by atoms with Crippen LogP contribution in [0.4, 0.5) is 0 Å². The van der Waals surface area contributed by atoms with Crippen molar-refractivity contribution in [2.24, 2.45) is 0 Å². The second-order valence-corrected chi connectivity index (χ2v) is 7.58. The maximum absolute atomic E-state index is 11.8. The van der Waals surface area contributed by atoms with Crippen molar-refractivity contribution >= 4 is 25.8 Å². The number of hydrogen-bond acceptors (Lipinski definition) is 4. The topological polar surface area (TPSA) is 79.9 Å². The van der Waals surface area contributed by atoms with Gasteiger partial charge in [-0.05, 0) is 28.8 Å². The van der Waals surface area contributed by atoms with Gasteiger partial charge in [-0.15, -0.1) is 0 Å². The Bertz CT molecular complexity index is 609. The van der Waals surface area contributed by atoms with Crippen LogP contribution in [-0.2, 0) is 16.3 Å². The van der Waals surface area contributed by atoms with Crippen molar-refractivity contribution in [1.82, 2.24) is 9.97 Å². The van der Waals surface area contributed by atoms with Crippen molar-refractivity contribution in [3.05, 3.63) is 26.3 Å². The quantitative estimate of drug-likeness (QED) is 0.905. The zero-order chi connectivity index (χ0) is 13.3. The lowest BCUT2D eigenvalue weighted by atomic mass is 10.1. The van der Waals surface area contributed by atoms with Crippen LogP contribution in [0.1, 0.15) is 37.2 Å². The van der Waals surface area contributed by atoms with E-state index in [2.05, 4.69) is 25.9 Å². The third kappa shape index (κ3) is 2.83. The third-order valence-corrected chi connectivity index (χ3v) is 5.64. The number of aromatic nitrogens is 2. The van der Waals surface area contributed by atoms with Gasteiger partial charge in [0.1, 0.15) is 10.3 Å². The molecule has 1 aliphatic heterocycles. The van der Waals surface area contributed by atoms with Gasteiger partial charge in [-0.25, -0.2) is 13.4 Å². The van der Waals surface area contributed by atoms with Crippen LogP contribution in [0.25, 0.3) is 0 Å². The molecule has 100 valence electrons. The van der Waals surface area contributed by atoms with E-state index >= 15 is 0 Å². The van der Waals surface area contributed by atoms with E-state index < -0.39 is 9.84 Å². The molecule has 0 saturated carbocycles. The molecular weight excluding hydrogens is 320 g/mol. The lowest BCUT2D eigenvalue weighted by Gasteiger charge is -2.09. The Hall–Kier alpha value is -0.690. The predicted molar refractivity (Wildman–Crippen MR) is 72.6 cm³/mol. The Labute approximate surface area is 114 Å². The molecule has 1 N–H and O–H groups in total. The first-order valence-corrected chi connectivity index (χ1v) is 8.53. The van der Waals surface area contributed by atoms with Gasteiger partial charge in [-0.2, -0.15) is 0 Å². The van der Waals surface area contributed by atoms with E-state index in [1.165, 1.54) is 0 Å². The van der Waals surface area contributed by atoms with E-state index in [0.717, 1.165) is 6.42 Å². The molecule has 1 unspecified atom stereocenters. The molecule has 1 saturated heterocycles. The SMILES string of the molecule is CCCc1nc(C2CCS(=O)(=O)C2)[nH]c(=O)c1Br. The number of hydrogen-bond donors (Lipinski definition) is 1. The molecule has 0 aromatic carbocycles. The summed E-state index contributed by atoms with van der Waals surface area (Å²) in [5.74, 6) is 0.600. The molecule has 18 heavy (non-hydrogen) atoms. The van der Waals surface area contributed by atoms with E-state index in [1.54, 1.807) is 0 Å². The molecule has 0 bridgehead atoms. The zero-order valence-electron chi connectivity index (χ0n) is 10.1. The molecular formula is C11H15BrN2O3S. The first kappa shape index (κ1) is 13.7. The highest BCUT2D eigenvalue weighted by Gasteiger charge is 2.31. The lowest BCUT2D eigenvalue weighted by molar-refractivity contribution is 0.600. The van der Waals surface area contributed by atoms with Gasteiger partial charge in [-0.1, -0.05) is 13.3 Å². The molecule has 5 nitrogen and oxygen atoms in total. The van der Waals surface area contributed by atoms with Crippen LogP contribution in [0.15, 0.2) is 9.27 Å². The number of rotatable bonds is 3. The minimum absolute atomic E-state index is 0.0864. The van der Waals surface area contributed by atoms with E-state index in [4.69, 9.17) is 0 Å². The summed E-state index contributed by atoms with van der Waals surface area (Å²) in [6, 6.07) is 0. The van der Waals surface area contributed by atoms with E-state index in [0.29, 0.717) is 28.8 Å². The van der Waals surface area contributed by atoms with E-state index in [-0.39, 0.29) is 23.0 Å². The minimum Gasteiger partial charge on any atom is -0.309 e. The molecule has 1 aromatic rings. The van der Waals surface area contributed by atoms with Gasteiger partial charge in [-0.3, -0.25) is 4.79 Å². The molecule has 2 heterocycles. The number of nitrogens with zero attached hydrogens (tertiary/aromatic N) is 1. The van der Waals surface area contributed by atoms with Crippen molar-refractivity contribution in [2.45, 2.75) is 32.1 Å². The summed E-state index contributed by atoms with van der Waals surface area (Å²) in [5, 5.41) is 0. The van der Waals surface area contributed by atoms with Crippen molar-refractivity contribution in [1.29, 1.82) is 0 Å². The van der Waals surface area contributed by atoms with E-state index in [1.807, 2.05) is 6.92 Å². The van der Waals surface area contributed by atoms with Crippen LogP contribution in [0, 0.1) is 0 Å². The first-order valence-electron chi connectivity index (χ1n) is 5.92. The smallest absolute Gasteiger partial charge is 0.265 e. The average Bonchev–Trinajstić information content (AvgIpc) is 2.65. The summed E-state index contributed by atoms with van der Waals surface area (Å²) in [4.78, 5) is 18.8. The van der Waals surface area contributed by atoms with Crippen molar-refractivity contribution in [3.8, 4) is 0 Å². The second-order valence-electron chi connectivity index (χ2n) is 4.56. The van der Waals surface area contributed by atoms with Gasteiger partial charge >= 0.3 is 0 Å². The highest BCUT2D eigenvalue weighted by Crippen LogP contribution is 2.26. The molecule has 7 heteroatoms. The standard InChI is InChI=1S/C11H15BrN2O3S/c1-2-3-8-9(12)11(15)14-10(13-8)7-4-5-18(16,17)6-7/h7H,2-6H2,1H3,(H,13,14,15). The van der Waals surface area contributed by atoms with Gasteiger partial charge < -0.3 is 4.98 Å². The highest BCUT2D eigenvalue weighted by molar-refractivity contribution is 9.10. The van der Waals surface area contributed by atoms with Gasteiger partial charge in [0.2, 0.25) is 0 Å². The van der Waals surface area contributed by atoms with E-state index in [9.17, 15) is 13.2 Å². The number of sulfone groups is 1. The van der Waals surface area contributed by atoms with Crippen LogP contribution in [0.5, 0.6) is 0 Å². The fraction of sp³-hybridized carbons (Fsp3) is 0.636. The Morgan fingerprint density at radius 3 is 2.78 bits per heavy atom. The number of H-pyrrole nitrogens is 1. The molecule has 1 aliphatic rings. The Morgan fingerprint density at radius 2 is 2.22 bits per heavy atom. The van der Waals surface area contributed by atoms with Crippen LogP contribution < -0.4 is 5.56 Å². The number of aromatic amines is 1. The maximum atomic E-state index is 11.8. The van der Waals surface area contributed by atoms with Crippen molar-refractivity contribution in [2.75, 3.05) is 11.5 Å². The summed E-state index contributed by atoms with van der Waals surface area (Å²) in [5.41, 5.74) is 0.480. The molecule has 1 fully saturated rings. The summed E-state index contributed by atoms with van der Waals surface area (Å²) >= 11 is 3.22. The normalized spacial score (nSPS) is 22.2. The van der Waals surface area contributed by atoms with Crippen LogP contribution >= 0.6 is 15.9 Å². The lowest BCUT2D eigenvalue weighted by Crippen LogP contribution is -2.18. The Morgan fingerprint density at radius 1 is 1.50 bits per heavy atom. The minimum atomic E-state index is -2.97. The predicted octanol–water partition coefficient (Wildman–Crippen LogP) is 1.39. The summed E-state index contributed by atoms with van der Waals surface area (Å²) in [6.07, 6.45) is 2.13. The average molecular weight is 335 g/mol. The number of nitrogens with one attached hydrogen (secondary N) is 1. The van der Waals surface area contributed by atoms with Gasteiger partial charge in [0.25, 0.3) is 5.56 Å². The van der Waals surface area contributed by atoms with Gasteiger partial charge in [0.05, 0.1) is 17.2 Å². The second kappa shape index (κ2) is 5.13. The molecule has 1 atom stereocenters. The van der Waals surface area contributed by atoms with Crippen LogP contribution in [-0.4, -0.2) is 29.9 Å². The number of halogens is 1. The van der Waals surface area contributed by atoms with Gasteiger partial charge in [0, 0.05) is 5.92 Å². The molecule has 1 aromatic heterocycles. The van der Waals surface area contributed by atoms with Crippen molar-refractivity contribution < 1.29 is 8.42 Å². The molecule has 0 spiro atoms. The summed E-state index contributed by atoms with van der Waals surface area (Å²) < 4.78 is 23.3. The molecule has 0 amide bonds. The van der Waals surface area contributed by atoms with Crippen molar-refractivity contribution in [3.63, 3.8) is 0 Å². The monoisotopic (exact) mass is 334 g/mol. The fourth-order valence-electron chi connectivity index (χ4n) is 2.13. The highest BCUT2D eigenvalue weighted by atomic mass is 79.9. The maximum Gasteiger partial charge on any atom is 0.265 e. The van der Waals surface area contributed by atoms with Crippen LogP contribution in [0.2, 0.25) is 0 Å². The Balaban J connectivity index is 2.38. The zero-order valence-corrected chi connectivity index (χ0v) is 12.5. The largest absolute Gasteiger partial charge is 0.309 e. The molecule has 0 aliphatic carbocycles. The third-order valence-electron chi connectivity index (χ3n) is 3.06. The summed E-state index contributed by atoms with van der Waals surface area (Å²) in [7, 11) is -2.97. The molecule has 2 rings (SSSR count). The Kier molecular flexibility index (Phi) is 3.91.